The van der Waals surface area contributed by atoms with Crippen molar-refractivity contribution in [3.05, 3.63) is 33.3 Å². The molecule has 0 radical (unpaired) electrons. The van der Waals surface area contributed by atoms with E-state index in [2.05, 4.69) is 36.5 Å². The third kappa shape index (κ3) is 2.98. The number of nitrogens with zero attached hydrogens (tertiary/aromatic N) is 4. The number of rotatable bonds is 3. The maximum absolute atomic E-state index is 9.42. The predicted molar refractivity (Wildman–Crippen MR) is 107 cm³/mol. The van der Waals surface area contributed by atoms with Gasteiger partial charge >= 0.3 is 0 Å². The van der Waals surface area contributed by atoms with Crippen LogP contribution in [0.5, 0.6) is 11.5 Å². The Bertz CT molecular complexity index is 1070. The van der Waals surface area contributed by atoms with Crippen molar-refractivity contribution in [2.24, 2.45) is 4.99 Å². The molecule has 142 valence electrons. The molecule has 0 saturated carbocycles. The van der Waals surface area contributed by atoms with Crippen LogP contribution in [0, 0.1) is 22.8 Å². The summed E-state index contributed by atoms with van der Waals surface area (Å²) in [5.41, 5.74) is 13.3. The molecule has 1 aromatic heterocycles. The lowest BCUT2D eigenvalue weighted by atomic mass is 9.94. The van der Waals surface area contributed by atoms with Gasteiger partial charge in [0.2, 0.25) is 5.96 Å². The maximum Gasteiger partial charge on any atom is 0.211 e. The number of ether oxygens (including phenoxy) is 2. The van der Waals surface area contributed by atoms with Crippen molar-refractivity contribution in [2.45, 2.75) is 6.04 Å². The van der Waals surface area contributed by atoms with Gasteiger partial charge < -0.3 is 26.3 Å². The van der Waals surface area contributed by atoms with Gasteiger partial charge in [-0.15, -0.1) is 0 Å². The number of nitrogens with one attached hydrogen (secondary N) is 2. The average Bonchev–Trinajstić information content (AvgIpc) is 2.67. The standard InChI is InChI=1S/C17H15BrN8O2/c1-27-9-4-3-8(18)10(14(9)28-2)13-11-12(21)7(5-19)15(22)25-16(11)26-17(24-13)23-6-20/h3-4,13H,1-2H3,(H6,21,22,23,24,25,26). The summed E-state index contributed by atoms with van der Waals surface area (Å²) in [6.07, 6.45) is 1.80. The second-order valence-electron chi connectivity index (χ2n) is 5.60. The van der Waals surface area contributed by atoms with Gasteiger partial charge in [0, 0.05) is 15.6 Å². The molecule has 10 nitrogen and oxygen atoms in total. The number of aromatic nitrogens is 1. The molecular weight excluding hydrogens is 428 g/mol. The first-order valence-electron chi connectivity index (χ1n) is 7.86. The Balaban J connectivity index is 2.37. The zero-order valence-electron chi connectivity index (χ0n) is 14.9. The Labute approximate surface area is 168 Å². The van der Waals surface area contributed by atoms with Crippen LogP contribution in [0.4, 0.5) is 17.3 Å². The van der Waals surface area contributed by atoms with E-state index in [1.807, 2.05) is 6.07 Å². The molecule has 2 heterocycles. The highest BCUT2D eigenvalue weighted by molar-refractivity contribution is 9.10. The van der Waals surface area contributed by atoms with Gasteiger partial charge in [0.1, 0.15) is 29.3 Å². The number of nitriles is 2. The fourth-order valence-corrected chi connectivity index (χ4v) is 3.50. The summed E-state index contributed by atoms with van der Waals surface area (Å²) in [6, 6.07) is 4.71. The van der Waals surface area contributed by atoms with Gasteiger partial charge in [-0.25, -0.2) is 9.98 Å². The lowest BCUT2D eigenvalue weighted by molar-refractivity contribution is 0.350. The van der Waals surface area contributed by atoms with Crippen LogP contribution in [0.3, 0.4) is 0 Å². The smallest absolute Gasteiger partial charge is 0.211 e. The van der Waals surface area contributed by atoms with E-state index >= 15 is 0 Å². The lowest BCUT2D eigenvalue weighted by Gasteiger charge is -2.28. The first-order chi connectivity index (χ1) is 13.5. The number of aliphatic imine (C=N–C) groups is 1. The fourth-order valence-electron chi connectivity index (χ4n) is 2.97. The van der Waals surface area contributed by atoms with Crippen LogP contribution >= 0.6 is 15.9 Å². The molecule has 0 bridgehead atoms. The van der Waals surface area contributed by atoms with Gasteiger partial charge in [-0.05, 0) is 12.1 Å². The number of fused-ring (bicyclic) bond motifs is 1. The van der Waals surface area contributed by atoms with E-state index in [1.165, 1.54) is 14.2 Å². The van der Waals surface area contributed by atoms with Gasteiger partial charge in [-0.3, -0.25) is 5.32 Å². The van der Waals surface area contributed by atoms with Crippen LogP contribution in [-0.4, -0.2) is 25.2 Å². The predicted octanol–water partition coefficient (Wildman–Crippen LogP) is 1.84. The highest BCUT2D eigenvalue weighted by Crippen LogP contribution is 2.48. The summed E-state index contributed by atoms with van der Waals surface area (Å²) in [7, 11) is 3.02. The Morgan fingerprint density at radius 2 is 1.96 bits per heavy atom. The topological polar surface area (TPSA) is 167 Å². The minimum atomic E-state index is -0.758. The van der Waals surface area contributed by atoms with Gasteiger partial charge in [0.25, 0.3) is 0 Å². The van der Waals surface area contributed by atoms with Gasteiger partial charge in [0.05, 0.1) is 19.9 Å². The molecule has 2 aromatic rings. The summed E-state index contributed by atoms with van der Waals surface area (Å²) in [5.74, 6) is 1.30. The Morgan fingerprint density at radius 1 is 1.21 bits per heavy atom. The molecule has 1 aliphatic heterocycles. The Hall–Kier alpha value is -3.70. The summed E-state index contributed by atoms with van der Waals surface area (Å²) in [4.78, 5) is 8.76. The van der Waals surface area contributed by atoms with E-state index in [-0.39, 0.29) is 28.8 Å². The van der Waals surface area contributed by atoms with E-state index in [4.69, 9.17) is 26.2 Å². The fraction of sp³-hybridized carbons (Fsp3) is 0.176. The minimum absolute atomic E-state index is 0.0279. The number of anilines is 3. The highest BCUT2D eigenvalue weighted by atomic mass is 79.9. The number of pyridine rings is 1. The number of guanidine groups is 1. The molecular formula is C17H15BrN8O2. The van der Waals surface area contributed by atoms with Crippen molar-refractivity contribution in [2.75, 3.05) is 31.0 Å². The van der Waals surface area contributed by atoms with Crippen LogP contribution in [0.25, 0.3) is 0 Å². The van der Waals surface area contributed by atoms with Crippen LogP contribution < -0.4 is 31.6 Å². The molecule has 0 fully saturated rings. The van der Waals surface area contributed by atoms with Crippen LogP contribution in [0.2, 0.25) is 0 Å². The van der Waals surface area contributed by atoms with Crippen molar-refractivity contribution in [3.8, 4) is 23.8 Å². The van der Waals surface area contributed by atoms with Crippen molar-refractivity contribution >= 4 is 39.2 Å². The van der Waals surface area contributed by atoms with Crippen LogP contribution in [0.15, 0.2) is 21.6 Å². The molecule has 28 heavy (non-hydrogen) atoms. The molecule has 6 N–H and O–H groups in total. The molecule has 0 spiro atoms. The zero-order chi connectivity index (χ0) is 20.4. The molecule has 0 amide bonds. The Kier molecular flexibility index (Phi) is 5.11. The third-order valence-corrected chi connectivity index (χ3v) is 4.85. The highest BCUT2D eigenvalue weighted by Gasteiger charge is 2.33. The minimum Gasteiger partial charge on any atom is -0.493 e. The zero-order valence-corrected chi connectivity index (χ0v) is 16.5. The van der Waals surface area contributed by atoms with Gasteiger partial charge in [-0.1, -0.05) is 15.9 Å². The third-order valence-electron chi connectivity index (χ3n) is 4.16. The molecule has 1 aromatic carbocycles. The van der Waals surface area contributed by atoms with Crippen molar-refractivity contribution in [3.63, 3.8) is 0 Å². The first-order valence-corrected chi connectivity index (χ1v) is 8.65. The summed E-state index contributed by atoms with van der Waals surface area (Å²) >= 11 is 3.51. The van der Waals surface area contributed by atoms with E-state index in [0.29, 0.717) is 27.1 Å². The second kappa shape index (κ2) is 7.50. The molecule has 0 saturated heterocycles. The number of benzene rings is 1. The largest absolute Gasteiger partial charge is 0.493 e. The molecule has 3 rings (SSSR count). The normalized spacial score (nSPS) is 14.6. The lowest BCUT2D eigenvalue weighted by Crippen LogP contribution is -2.33. The number of hydrogen-bond acceptors (Lipinski definition) is 10. The number of hydrogen-bond donors (Lipinski definition) is 4. The van der Waals surface area contributed by atoms with E-state index in [0.717, 1.165) is 0 Å². The SMILES string of the molecule is COc1ccc(Br)c(C2N=C(NC#N)Nc3nc(N)c(C#N)c(N)c32)c1OC. The summed E-state index contributed by atoms with van der Waals surface area (Å²) in [5, 5.41) is 23.7. The van der Waals surface area contributed by atoms with Crippen LogP contribution in [-0.2, 0) is 0 Å². The number of halogens is 1. The Morgan fingerprint density at radius 3 is 2.57 bits per heavy atom. The van der Waals surface area contributed by atoms with Crippen LogP contribution in [0.1, 0.15) is 22.7 Å². The van der Waals surface area contributed by atoms with Crippen molar-refractivity contribution in [1.29, 1.82) is 10.5 Å². The second-order valence-corrected chi connectivity index (χ2v) is 6.45. The first kappa shape index (κ1) is 19.1. The number of nitrogen functional groups attached to an aromatic ring is 2. The monoisotopic (exact) mass is 442 g/mol. The molecule has 1 unspecified atom stereocenters. The quantitative estimate of drug-likeness (QED) is 0.409. The van der Waals surface area contributed by atoms with E-state index < -0.39 is 6.04 Å². The van der Waals surface area contributed by atoms with E-state index in [9.17, 15) is 5.26 Å². The van der Waals surface area contributed by atoms with Crippen molar-refractivity contribution < 1.29 is 9.47 Å². The van der Waals surface area contributed by atoms with E-state index in [1.54, 1.807) is 18.3 Å². The molecule has 1 atom stereocenters. The maximum atomic E-state index is 9.42. The molecule has 0 aliphatic carbocycles. The summed E-state index contributed by atoms with van der Waals surface area (Å²) < 4.78 is 11.6. The summed E-state index contributed by atoms with van der Waals surface area (Å²) in [6.45, 7) is 0. The van der Waals surface area contributed by atoms with Gasteiger partial charge in [-0.2, -0.15) is 10.5 Å². The number of nitrogens with two attached hydrogens (primary N) is 2. The van der Waals surface area contributed by atoms with Crippen molar-refractivity contribution in [1.82, 2.24) is 10.3 Å². The van der Waals surface area contributed by atoms with Gasteiger partial charge in [0.15, 0.2) is 17.7 Å². The average molecular weight is 443 g/mol. The molecule has 1 aliphatic rings. The molecule has 11 heteroatoms. The number of methoxy groups -OCH3 is 2.